The molecule has 3 N–H and O–H groups in total. The summed E-state index contributed by atoms with van der Waals surface area (Å²) in [5.74, 6) is -0.00665. The molecule has 1 aliphatic rings. The third-order valence-corrected chi connectivity index (χ3v) is 3.76. The van der Waals surface area contributed by atoms with E-state index in [-0.39, 0.29) is 36.6 Å². The Morgan fingerprint density at radius 1 is 1.29 bits per heavy atom. The van der Waals surface area contributed by atoms with Gasteiger partial charge in [-0.2, -0.15) is 0 Å². The Balaban J connectivity index is 0.00000200. The summed E-state index contributed by atoms with van der Waals surface area (Å²) in [5, 5.41) is 3.10. The number of nitrogens with two attached hydrogens (primary N) is 1. The number of carbonyl (C=O) groups is 1. The van der Waals surface area contributed by atoms with Crippen molar-refractivity contribution in [1.82, 2.24) is 5.32 Å². The number of carbonyl (C=O) groups excluding carboxylic acids is 1. The van der Waals surface area contributed by atoms with Crippen molar-refractivity contribution in [2.45, 2.75) is 25.8 Å². The van der Waals surface area contributed by atoms with Gasteiger partial charge in [0.1, 0.15) is 0 Å². The van der Waals surface area contributed by atoms with Crippen LogP contribution in [0.1, 0.15) is 19.8 Å². The molecular weight excluding hydrogens is 309 g/mol. The maximum atomic E-state index is 11.8. The predicted molar refractivity (Wildman–Crippen MR) is 92.5 cm³/mol. The Morgan fingerprint density at radius 2 is 1.86 bits per heavy atom. The third kappa shape index (κ3) is 5.73. The summed E-state index contributed by atoms with van der Waals surface area (Å²) in [6.07, 6.45) is 2.00. The Labute approximate surface area is 139 Å². The lowest BCUT2D eigenvalue weighted by atomic mass is 10.0. The monoisotopic (exact) mass is 333 g/mol. The maximum Gasteiger partial charge on any atom is 0.224 e. The average molecular weight is 334 g/mol. The molecule has 1 amide bonds. The molecular formula is C15H25Cl2N3O. The van der Waals surface area contributed by atoms with Crippen molar-refractivity contribution >= 4 is 36.4 Å². The van der Waals surface area contributed by atoms with Gasteiger partial charge in [-0.1, -0.05) is 25.1 Å². The van der Waals surface area contributed by atoms with Crippen LogP contribution in [0, 0.1) is 5.92 Å². The highest BCUT2D eigenvalue weighted by molar-refractivity contribution is 5.85. The highest BCUT2D eigenvalue weighted by Crippen LogP contribution is 2.19. The average Bonchev–Trinajstić information content (AvgIpc) is 2.48. The van der Waals surface area contributed by atoms with Crippen LogP contribution in [0.5, 0.6) is 0 Å². The van der Waals surface area contributed by atoms with Crippen molar-refractivity contribution in [2.24, 2.45) is 11.7 Å². The summed E-state index contributed by atoms with van der Waals surface area (Å²) in [6, 6.07) is 10.7. The fourth-order valence-electron chi connectivity index (χ4n) is 2.37. The maximum absolute atomic E-state index is 11.8. The number of hydrogen-bond acceptors (Lipinski definition) is 3. The topological polar surface area (TPSA) is 58.4 Å². The molecule has 1 unspecified atom stereocenters. The molecule has 0 spiro atoms. The van der Waals surface area contributed by atoms with Gasteiger partial charge in [0, 0.05) is 37.3 Å². The van der Waals surface area contributed by atoms with E-state index >= 15 is 0 Å². The Kier molecular flexibility index (Phi) is 9.42. The zero-order valence-corrected chi connectivity index (χ0v) is 14.0. The molecule has 6 heteroatoms. The molecule has 1 fully saturated rings. The van der Waals surface area contributed by atoms with Gasteiger partial charge in [-0.05, 0) is 25.0 Å². The van der Waals surface area contributed by atoms with Gasteiger partial charge in [0.15, 0.2) is 0 Å². The zero-order valence-electron chi connectivity index (χ0n) is 12.3. The number of anilines is 1. The number of halogens is 2. The number of rotatable bonds is 4. The second-order valence-electron chi connectivity index (χ2n) is 5.24. The number of amides is 1. The van der Waals surface area contributed by atoms with E-state index < -0.39 is 0 Å². The van der Waals surface area contributed by atoms with E-state index in [2.05, 4.69) is 34.5 Å². The second-order valence-corrected chi connectivity index (χ2v) is 5.24. The minimum Gasteiger partial charge on any atom is -0.371 e. The van der Waals surface area contributed by atoms with Gasteiger partial charge >= 0.3 is 0 Å². The lowest BCUT2D eigenvalue weighted by Gasteiger charge is -2.34. The number of benzene rings is 1. The first kappa shape index (κ1) is 20.0. The van der Waals surface area contributed by atoms with Crippen LogP contribution in [0.25, 0.3) is 0 Å². The van der Waals surface area contributed by atoms with Crippen LogP contribution < -0.4 is 16.0 Å². The molecule has 0 saturated carbocycles. The third-order valence-electron chi connectivity index (χ3n) is 3.76. The van der Waals surface area contributed by atoms with E-state index in [1.54, 1.807) is 0 Å². The molecule has 120 valence electrons. The van der Waals surface area contributed by atoms with Crippen molar-refractivity contribution in [1.29, 1.82) is 0 Å². The summed E-state index contributed by atoms with van der Waals surface area (Å²) in [5.41, 5.74) is 6.77. The molecule has 1 aliphatic heterocycles. The van der Waals surface area contributed by atoms with E-state index in [0.717, 1.165) is 25.9 Å². The highest BCUT2D eigenvalue weighted by Gasteiger charge is 2.22. The quantitative estimate of drug-likeness (QED) is 0.888. The van der Waals surface area contributed by atoms with Crippen molar-refractivity contribution in [3.05, 3.63) is 30.3 Å². The molecule has 1 heterocycles. The number of hydrogen-bond donors (Lipinski definition) is 2. The molecule has 1 saturated heterocycles. The number of nitrogens with zero attached hydrogens (tertiary/aromatic N) is 1. The smallest absolute Gasteiger partial charge is 0.224 e. The largest absolute Gasteiger partial charge is 0.371 e. The van der Waals surface area contributed by atoms with Gasteiger partial charge in [-0.3, -0.25) is 4.79 Å². The molecule has 21 heavy (non-hydrogen) atoms. The van der Waals surface area contributed by atoms with Crippen molar-refractivity contribution in [3.8, 4) is 0 Å². The van der Waals surface area contributed by atoms with Crippen LogP contribution in [0.4, 0.5) is 5.69 Å². The van der Waals surface area contributed by atoms with Gasteiger partial charge in [0.05, 0.1) is 0 Å². The lowest BCUT2D eigenvalue weighted by Crippen LogP contribution is -2.46. The fourth-order valence-corrected chi connectivity index (χ4v) is 2.37. The van der Waals surface area contributed by atoms with E-state index in [9.17, 15) is 4.79 Å². The van der Waals surface area contributed by atoms with Crippen molar-refractivity contribution < 1.29 is 4.79 Å². The minimum atomic E-state index is -0.0906. The predicted octanol–water partition coefficient (Wildman–Crippen LogP) is 2.21. The molecule has 1 atom stereocenters. The summed E-state index contributed by atoms with van der Waals surface area (Å²) in [4.78, 5) is 14.2. The molecule has 1 aromatic carbocycles. The Morgan fingerprint density at radius 3 is 2.38 bits per heavy atom. The summed E-state index contributed by atoms with van der Waals surface area (Å²) < 4.78 is 0. The number of piperidine rings is 1. The van der Waals surface area contributed by atoms with Crippen LogP contribution >= 0.6 is 24.8 Å². The molecule has 0 bridgehead atoms. The molecule has 4 nitrogen and oxygen atoms in total. The number of para-hydroxylation sites is 1. The van der Waals surface area contributed by atoms with Gasteiger partial charge in [-0.25, -0.2) is 0 Å². The van der Waals surface area contributed by atoms with E-state index in [1.807, 2.05) is 13.0 Å². The summed E-state index contributed by atoms with van der Waals surface area (Å²) in [7, 11) is 0. The van der Waals surface area contributed by atoms with Crippen LogP contribution in [-0.4, -0.2) is 31.6 Å². The Hall–Kier alpha value is -0.970. The zero-order chi connectivity index (χ0) is 13.7. The number of nitrogens with one attached hydrogen (secondary N) is 1. The first-order chi connectivity index (χ1) is 9.20. The lowest BCUT2D eigenvalue weighted by molar-refractivity contribution is -0.125. The molecule has 2 rings (SSSR count). The van der Waals surface area contributed by atoms with Crippen LogP contribution in [0.15, 0.2) is 30.3 Å². The first-order valence-electron chi connectivity index (χ1n) is 7.01. The van der Waals surface area contributed by atoms with Crippen LogP contribution in [0.2, 0.25) is 0 Å². The fraction of sp³-hybridized carbons (Fsp3) is 0.533. The molecule has 0 radical (unpaired) electrons. The van der Waals surface area contributed by atoms with Gasteiger partial charge in [0.25, 0.3) is 0 Å². The minimum absolute atomic E-state index is 0. The van der Waals surface area contributed by atoms with Crippen LogP contribution in [-0.2, 0) is 4.79 Å². The molecule has 0 aromatic heterocycles. The van der Waals surface area contributed by atoms with Gasteiger partial charge in [-0.15, -0.1) is 24.8 Å². The standard InChI is InChI=1S/C15H23N3O.2ClH/c1-12(11-16)15(19)17-13-7-9-18(10-8-13)14-5-3-2-4-6-14;;/h2-6,12-13H,7-11,16H2,1H3,(H,17,19);2*1H. The molecule has 0 aliphatic carbocycles. The molecule has 1 aromatic rings. The SMILES string of the molecule is CC(CN)C(=O)NC1CCN(c2ccccc2)CC1.Cl.Cl. The van der Waals surface area contributed by atoms with E-state index in [1.165, 1.54) is 5.69 Å². The second kappa shape index (κ2) is 9.87. The summed E-state index contributed by atoms with van der Waals surface area (Å²) in [6.45, 7) is 4.26. The van der Waals surface area contributed by atoms with E-state index in [4.69, 9.17) is 5.73 Å². The normalized spacial score (nSPS) is 16.4. The van der Waals surface area contributed by atoms with Gasteiger partial charge in [0.2, 0.25) is 5.91 Å². The van der Waals surface area contributed by atoms with Crippen molar-refractivity contribution in [3.63, 3.8) is 0 Å². The summed E-state index contributed by atoms with van der Waals surface area (Å²) >= 11 is 0. The highest BCUT2D eigenvalue weighted by atomic mass is 35.5. The first-order valence-corrected chi connectivity index (χ1v) is 7.01. The van der Waals surface area contributed by atoms with Gasteiger partial charge < -0.3 is 16.0 Å². The van der Waals surface area contributed by atoms with Crippen LogP contribution in [0.3, 0.4) is 0 Å². The van der Waals surface area contributed by atoms with Crippen molar-refractivity contribution in [2.75, 3.05) is 24.5 Å². The Bertz CT molecular complexity index is 409. The van der Waals surface area contributed by atoms with E-state index in [0.29, 0.717) is 12.6 Å².